The minimum Gasteiger partial charge on any atom is -0.508 e. The zero-order chi connectivity index (χ0) is 12.5. The molecule has 0 fully saturated rings. The molecule has 4 heteroatoms. The number of phenolic OH excluding ortho intramolecular Hbond substituents is 1. The Balaban J connectivity index is 2.29. The summed E-state index contributed by atoms with van der Waals surface area (Å²) in [6.07, 6.45) is 0. The summed E-state index contributed by atoms with van der Waals surface area (Å²) in [5.41, 5.74) is 1.28. The lowest BCUT2D eigenvalue weighted by molar-refractivity contribution is 0.473. The topological polar surface area (TPSA) is 63.3 Å². The number of fused-ring (bicyclic) bond motifs is 1. The minimum absolute atomic E-state index is 0.0416. The SMILES string of the molecule is O=c1oc2cc(O)ccc2nc1-c1ccccc1. The van der Waals surface area contributed by atoms with Gasteiger partial charge in [-0.3, -0.25) is 0 Å². The summed E-state index contributed by atoms with van der Waals surface area (Å²) in [5, 5.41) is 9.32. The molecule has 1 N–H and O–H groups in total. The van der Waals surface area contributed by atoms with Crippen molar-refractivity contribution in [2.75, 3.05) is 0 Å². The van der Waals surface area contributed by atoms with Crippen molar-refractivity contribution < 1.29 is 9.52 Å². The molecule has 0 atom stereocenters. The van der Waals surface area contributed by atoms with Crippen LogP contribution in [0.1, 0.15) is 0 Å². The second-order valence-corrected chi connectivity index (χ2v) is 3.87. The van der Waals surface area contributed by atoms with Gasteiger partial charge in [-0.1, -0.05) is 30.3 Å². The van der Waals surface area contributed by atoms with Crippen LogP contribution in [0.25, 0.3) is 22.4 Å². The van der Waals surface area contributed by atoms with Crippen LogP contribution in [0.5, 0.6) is 5.75 Å². The van der Waals surface area contributed by atoms with Crippen LogP contribution in [0.4, 0.5) is 0 Å². The molecule has 1 aromatic heterocycles. The molecule has 0 amide bonds. The first-order valence-corrected chi connectivity index (χ1v) is 5.43. The molecule has 0 aliphatic heterocycles. The predicted molar refractivity (Wildman–Crippen MR) is 67.4 cm³/mol. The van der Waals surface area contributed by atoms with E-state index in [2.05, 4.69) is 4.98 Å². The normalized spacial score (nSPS) is 10.7. The van der Waals surface area contributed by atoms with Crippen LogP contribution in [0.3, 0.4) is 0 Å². The molecule has 2 aromatic carbocycles. The molecule has 0 saturated heterocycles. The van der Waals surface area contributed by atoms with Crippen molar-refractivity contribution in [1.82, 2.24) is 4.98 Å². The van der Waals surface area contributed by atoms with E-state index >= 15 is 0 Å². The number of nitrogens with zero attached hydrogens (tertiary/aromatic N) is 1. The highest BCUT2D eigenvalue weighted by molar-refractivity contribution is 5.76. The van der Waals surface area contributed by atoms with Gasteiger partial charge in [0.25, 0.3) is 0 Å². The van der Waals surface area contributed by atoms with Crippen LogP contribution < -0.4 is 5.63 Å². The van der Waals surface area contributed by atoms with Crippen molar-refractivity contribution in [3.8, 4) is 17.0 Å². The molecule has 4 nitrogen and oxygen atoms in total. The Kier molecular flexibility index (Phi) is 2.34. The molecule has 18 heavy (non-hydrogen) atoms. The van der Waals surface area contributed by atoms with Gasteiger partial charge in [-0.2, -0.15) is 0 Å². The van der Waals surface area contributed by atoms with Crippen LogP contribution in [-0.4, -0.2) is 10.1 Å². The van der Waals surface area contributed by atoms with Gasteiger partial charge < -0.3 is 9.52 Å². The molecule has 0 aliphatic rings. The van der Waals surface area contributed by atoms with E-state index in [1.165, 1.54) is 12.1 Å². The van der Waals surface area contributed by atoms with E-state index < -0.39 is 5.63 Å². The standard InChI is InChI=1S/C14H9NO3/c16-10-6-7-11-12(8-10)18-14(17)13(15-11)9-4-2-1-3-5-9/h1-8,16H. The second kappa shape index (κ2) is 4.00. The summed E-state index contributed by atoms with van der Waals surface area (Å²) in [6.45, 7) is 0. The van der Waals surface area contributed by atoms with Gasteiger partial charge in [-0.05, 0) is 12.1 Å². The lowest BCUT2D eigenvalue weighted by Crippen LogP contribution is -2.05. The molecule has 3 rings (SSSR count). The highest BCUT2D eigenvalue weighted by Crippen LogP contribution is 2.20. The maximum absolute atomic E-state index is 11.8. The highest BCUT2D eigenvalue weighted by atomic mass is 16.4. The molecule has 3 aromatic rings. The van der Waals surface area contributed by atoms with Gasteiger partial charge in [-0.25, -0.2) is 9.78 Å². The average Bonchev–Trinajstić information content (AvgIpc) is 2.39. The second-order valence-electron chi connectivity index (χ2n) is 3.87. The van der Waals surface area contributed by atoms with Crippen molar-refractivity contribution in [3.05, 3.63) is 59.0 Å². The maximum Gasteiger partial charge on any atom is 0.363 e. The van der Waals surface area contributed by atoms with Crippen LogP contribution in [0.2, 0.25) is 0 Å². The molecular formula is C14H9NO3. The monoisotopic (exact) mass is 239 g/mol. The van der Waals surface area contributed by atoms with Gasteiger partial charge in [-0.15, -0.1) is 0 Å². The number of phenols is 1. The van der Waals surface area contributed by atoms with Crippen molar-refractivity contribution in [2.45, 2.75) is 0 Å². The highest BCUT2D eigenvalue weighted by Gasteiger charge is 2.09. The Labute approximate surface area is 102 Å². The van der Waals surface area contributed by atoms with Crippen LogP contribution in [0.15, 0.2) is 57.7 Å². The predicted octanol–water partition coefficient (Wildman–Crippen LogP) is 2.56. The van der Waals surface area contributed by atoms with Crippen LogP contribution in [-0.2, 0) is 0 Å². The van der Waals surface area contributed by atoms with E-state index in [9.17, 15) is 9.90 Å². The van der Waals surface area contributed by atoms with Gasteiger partial charge in [0.2, 0.25) is 0 Å². The summed E-state index contributed by atoms with van der Waals surface area (Å²) < 4.78 is 5.15. The third kappa shape index (κ3) is 1.73. The first kappa shape index (κ1) is 10.5. The van der Waals surface area contributed by atoms with Gasteiger partial charge in [0.05, 0.1) is 0 Å². The molecule has 0 unspecified atom stereocenters. The smallest absolute Gasteiger partial charge is 0.363 e. The van der Waals surface area contributed by atoms with Crippen molar-refractivity contribution in [2.24, 2.45) is 0 Å². The van der Waals surface area contributed by atoms with Crippen LogP contribution >= 0.6 is 0 Å². The summed E-state index contributed by atoms with van der Waals surface area (Å²) >= 11 is 0. The van der Waals surface area contributed by atoms with Gasteiger partial charge >= 0.3 is 5.63 Å². The summed E-state index contributed by atoms with van der Waals surface area (Å²) in [4.78, 5) is 16.1. The number of rotatable bonds is 1. The van der Waals surface area contributed by atoms with Crippen LogP contribution in [0, 0.1) is 0 Å². The van der Waals surface area contributed by atoms with E-state index in [4.69, 9.17) is 4.42 Å². The largest absolute Gasteiger partial charge is 0.508 e. The third-order valence-corrected chi connectivity index (χ3v) is 2.62. The van der Waals surface area contributed by atoms with Gasteiger partial charge in [0.1, 0.15) is 11.3 Å². The number of aromatic hydroxyl groups is 1. The zero-order valence-electron chi connectivity index (χ0n) is 9.33. The lowest BCUT2D eigenvalue weighted by Gasteiger charge is -2.01. The molecule has 88 valence electrons. The van der Waals surface area contributed by atoms with Crippen molar-refractivity contribution >= 4 is 11.1 Å². The fourth-order valence-corrected chi connectivity index (χ4v) is 1.77. The molecule has 0 aliphatic carbocycles. The zero-order valence-corrected chi connectivity index (χ0v) is 9.33. The molecule has 0 saturated carbocycles. The molecule has 1 heterocycles. The fourth-order valence-electron chi connectivity index (χ4n) is 1.77. The average molecular weight is 239 g/mol. The minimum atomic E-state index is -0.515. The van der Waals surface area contributed by atoms with Crippen molar-refractivity contribution in [3.63, 3.8) is 0 Å². The molecule has 0 bridgehead atoms. The van der Waals surface area contributed by atoms with E-state index in [1.807, 2.05) is 18.2 Å². The summed E-state index contributed by atoms with van der Waals surface area (Å²) in [7, 11) is 0. The number of aromatic nitrogens is 1. The first-order chi connectivity index (χ1) is 8.74. The summed E-state index contributed by atoms with van der Waals surface area (Å²) in [5.74, 6) is 0.0416. The molecule has 0 spiro atoms. The van der Waals surface area contributed by atoms with Crippen molar-refractivity contribution in [1.29, 1.82) is 0 Å². The van der Waals surface area contributed by atoms with E-state index in [1.54, 1.807) is 18.2 Å². The lowest BCUT2D eigenvalue weighted by atomic mass is 10.1. The first-order valence-electron chi connectivity index (χ1n) is 5.43. The Morgan fingerprint density at radius 2 is 1.83 bits per heavy atom. The van der Waals surface area contributed by atoms with Gasteiger partial charge in [0.15, 0.2) is 11.3 Å². The molecule has 0 radical (unpaired) electrons. The molecular weight excluding hydrogens is 230 g/mol. The number of hydrogen-bond donors (Lipinski definition) is 1. The Hall–Kier alpha value is -2.62. The number of hydrogen-bond acceptors (Lipinski definition) is 4. The Morgan fingerprint density at radius 1 is 1.06 bits per heavy atom. The maximum atomic E-state index is 11.8. The van der Waals surface area contributed by atoms with Gasteiger partial charge in [0, 0.05) is 11.6 Å². The van der Waals surface area contributed by atoms with E-state index in [0.29, 0.717) is 11.1 Å². The quantitative estimate of drug-likeness (QED) is 0.708. The summed E-state index contributed by atoms with van der Waals surface area (Å²) in [6, 6.07) is 13.6. The van der Waals surface area contributed by atoms with E-state index in [0.717, 1.165) is 0 Å². The Bertz CT molecular complexity index is 763. The number of benzene rings is 2. The fraction of sp³-hybridized carbons (Fsp3) is 0. The third-order valence-electron chi connectivity index (χ3n) is 2.62. The van der Waals surface area contributed by atoms with E-state index in [-0.39, 0.29) is 17.0 Å². The Morgan fingerprint density at radius 3 is 2.61 bits per heavy atom.